The van der Waals surface area contributed by atoms with Crippen LogP contribution in [0.4, 0.5) is 0 Å². The smallest absolute Gasteiger partial charge is 0.306 e. The zero-order chi connectivity index (χ0) is 46.3. The lowest BCUT2D eigenvalue weighted by molar-refractivity contribution is -0.163. The van der Waals surface area contributed by atoms with E-state index in [0.717, 1.165) is 96.3 Å². The van der Waals surface area contributed by atoms with Crippen molar-refractivity contribution in [3.63, 3.8) is 0 Å². The van der Waals surface area contributed by atoms with E-state index in [1.54, 1.807) is 0 Å². The molecule has 0 amide bonds. The molecule has 64 heavy (non-hydrogen) atoms. The van der Waals surface area contributed by atoms with Gasteiger partial charge in [0.1, 0.15) is 6.61 Å². The van der Waals surface area contributed by atoms with E-state index in [1.165, 1.54) is 109 Å². The Morgan fingerprint density at radius 2 is 0.703 bits per heavy atom. The molecule has 0 aromatic rings. The highest BCUT2D eigenvalue weighted by Gasteiger charge is 2.17. The van der Waals surface area contributed by atoms with Crippen molar-refractivity contribution in [3.8, 4) is 0 Å². The molecule has 1 unspecified atom stereocenters. The Labute approximate surface area is 396 Å². The number of hydrogen-bond donors (Lipinski definition) is 0. The number of hydrogen-bond acceptors (Lipinski definition) is 5. The maximum atomic E-state index is 12.8. The zero-order valence-corrected chi connectivity index (χ0v) is 42.0. The van der Waals surface area contributed by atoms with Gasteiger partial charge in [-0.25, -0.2) is 0 Å². The molecule has 0 spiro atoms. The molecule has 5 heteroatoms. The van der Waals surface area contributed by atoms with Crippen molar-refractivity contribution >= 4 is 11.9 Å². The summed E-state index contributed by atoms with van der Waals surface area (Å²) in [4.78, 5) is 25.4. The van der Waals surface area contributed by atoms with Gasteiger partial charge in [0.15, 0.2) is 6.10 Å². The third kappa shape index (κ3) is 51.5. The number of unbranched alkanes of at least 4 members (excludes halogenated alkanes) is 21. The molecule has 0 fully saturated rings. The van der Waals surface area contributed by atoms with Gasteiger partial charge in [0.25, 0.3) is 0 Å². The van der Waals surface area contributed by atoms with E-state index in [4.69, 9.17) is 14.2 Å². The number of carbonyl (C=O) groups excluding carboxylic acids is 2. The second kappa shape index (κ2) is 54.2. The lowest BCUT2D eigenvalue weighted by Crippen LogP contribution is -2.30. The summed E-state index contributed by atoms with van der Waals surface area (Å²) < 4.78 is 17.4. The molecule has 0 radical (unpaired) electrons. The van der Waals surface area contributed by atoms with Gasteiger partial charge in [-0.15, -0.1) is 0 Å². The van der Waals surface area contributed by atoms with Crippen LogP contribution in [0.1, 0.15) is 239 Å². The Balaban J connectivity index is 4.34. The zero-order valence-electron chi connectivity index (χ0n) is 42.0. The number of rotatable bonds is 48. The second-order valence-corrected chi connectivity index (χ2v) is 17.4. The molecule has 0 aromatic heterocycles. The summed E-state index contributed by atoms with van der Waals surface area (Å²) in [6.45, 7) is 7.54. The molecule has 0 aliphatic carbocycles. The Bertz CT molecular complexity index is 1230. The lowest BCUT2D eigenvalue weighted by Gasteiger charge is -2.18. The van der Waals surface area contributed by atoms with Crippen LogP contribution in [-0.2, 0) is 23.8 Å². The molecule has 0 saturated heterocycles. The van der Waals surface area contributed by atoms with Gasteiger partial charge in [-0.1, -0.05) is 227 Å². The number of esters is 2. The molecular weight excluding hydrogens is 789 g/mol. The minimum Gasteiger partial charge on any atom is -0.462 e. The Hall–Kier alpha value is -3.18. The summed E-state index contributed by atoms with van der Waals surface area (Å²) >= 11 is 0. The first-order chi connectivity index (χ1) is 31.6. The summed E-state index contributed by atoms with van der Waals surface area (Å²) in [5.41, 5.74) is 0. The van der Waals surface area contributed by atoms with E-state index >= 15 is 0 Å². The topological polar surface area (TPSA) is 61.8 Å². The largest absolute Gasteiger partial charge is 0.462 e. The third-order valence-electron chi connectivity index (χ3n) is 11.1. The fourth-order valence-electron chi connectivity index (χ4n) is 7.20. The van der Waals surface area contributed by atoms with E-state index in [9.17, 15) is 9.59 Å². The van der Waals surface area contributed by atoms with Crippen LogP contribution in [0.5, 0.6) is 0 Å². The van der Waals surface area contributed by atoms with Crippen LogP contribution in [0, 0.1) is 0 Å². The van der Waals surface area contributed by atoms with Gasteiger partial charge < -0.3 is 14.2 Å². The van der Waals surface area contributed by atoms with E-state index in [0.29, 0.717) is 19.4 Å². The van der Waals surface area contributed by atoms with Crippen molar-refractivity contribution in [2.24, 2.45) is 0 Å². The molecule has 5 nitrogen and oxygen atoms in total. The molecule has 0 aliphatic heterocycles. The number of allylic oxidation sites excluding steroid dienone is 16. The van der Waals surface area contributed by atoms with E-state index in [1.807, 2.05) is 0 Å². The monoisotopic (exact) mass is 889 g/mol. The fraction of sp³-hybridized carbons (Fsp3) is 0.695. The standard InChI is InChI=1S/C59H100O5/c1-4-7-10-13-16-19-22-25-27-28-29-30-31-33-36-39-42-45-48-51-54-62-55-57(64-59(61)53-50-47-44-41-38-34-24-21-18-15-12-9-6-3)56-63-58(60)52-49-46-43-40-37-35-32-26-23-20-17-14-11-8-5-2/h7-8,10-11,16-17,19-20,25-27,29-30,32,37,40,57H,4-6,9,12-15,18,21-24,28,31,33-36,38-39,41-56H2,1-3H3/b10-7-,11-8-,19-16-,20-17-,27-25-,30-29-,32-26-,40-37-. The van der Waals surface area contributed by atoms with Crippen LogP contribution in [-0.4, -0.2) is 37.9 Å². The maximum absolute atomic E-state index is 12.8. The van der Waals surface area contributed by atoms with Gasteiger partial charge in [-0.2, -0.15) is 0 Å². The highest BCUT2D eigenvalue weighted by Crippen LogP contribution is 2.14. The minimum atomic E-state index is -0.562. The highest BCUT2D eigenvalue weighted by molar-refractivity contribution is 5.70. The van der Waals surface area contributed by atoms with Crippen LogP contribution >= 0.6 is 0 Å². The molecule has 0 bridgehead atoms. The highest BCUT2D eigenvalue weighted by atomic mass is 16.6. The van der Waals surface area contributed by atoms with Crippen molar-refractivity contribution in [1.29, 1.82) is 0 Å². The molecule has 0 rings (SSSR count). The second-order valence-electron chi connectivity index (χ2n) is 17.4. The molecule has 0 heterocycles. The predicted molar refractivity (Wildman–Crippen MR) is 279 cm³/mol. The molecule has 0 N–H and O–H groups in total. The Morgan fingerprint density at radius 1 is 0.359 bits per heavy atom. The quantitative estimate of drug-likeness (QED) is 0.0346. The molecule has 0 aliphatic rings. The van der Waals surface area contributed by atoms with Crippen LogP contribution in [0.2, 0.25) is 0 Å². The molecule has 366 valence electrons. The van der Waals surface area contributed by atoms with Crippen molar-refractivity contribution < 1.29 is 23.8 Å². The van der Waals surface area contributed by atoms with Crippen molar-refractivity contribution in [2.45, 2.75) is 245 Å². The third-order valence-corrected chi connectivity index (χ3v) is 11.1. The molecular formula is C59H100O5. The summed E-state index contributed by atoms with van der Waals surface area (Å²) in [7, 11) is 0. The number of ether oxygens (including phenoxy) is 3. The van der Waals surface area contributed by atoms with Gasteiger partial charge >= 0.3 is 11.9 Å². The van der Waals surface area contributed by atoms with Crippen molar-refractivity contribution in [1.82, 2.24) is 0 Å². The normalized spacial score (nSPS) is 13.0. The van der Waals surface area contributed by atoms with Gasteiger partial charge in [0.05, 0.1) is 6.61 Å². The van der Waals surface area contributed by atoms with Gasteiger partial charge in [-0.3, -0.25) is 9.59 Å². The van der Waals surface area contributed by atoms with Crippen LogP contribution in [0.3, 0.4) is 0 Å². The summed E-state index contributed by atoms with van der Waals surface area (Å²) in [5.74, 6) is -0.450. The predicted octanol–water partition coefficient (Wildman–Crippen LogP) is 18.2. The first kappa shape index (κ1) is 60.8. The van der Waals surface area contributed by atoms with E-state index < -0.39 is 6.10 Å². The van der Waals surface area contributed by atoms with Crippen molar-refractivity contribution in [2.75, 3.05) is 19.8 Å². The van der Waals surface area contributed by atoms with Gasteiger partial charge in [0.2, 0.25) is 0 Å². The average molecular weight is 889 g/mol. The molecule has 0 aromatic carbocycles. The summed E-state index contributed by atoms with van der Waals surface area (Å²) in [6.07, 6.45) is 72.8. The summed E-state index contributed by atoms with van der Waals surface area (Å²) in [6, 6.07) is 0. The van der Waals surface area contributed by atoms with Gasteiger partial charge in [-0.05, 0) is 96.3 Å². The first-order valence-corrected chi connectivity index (χ1v) is 26.8. The van der Waals surface area contributed by atoms with Crippen LogP contribution in [0.15, 0.2) is 97.2 Å². The number of carbonyl (C=O) groups is 2. The fourth-order valence-corrected chi connectivity index (χ4v) is 7.20. The van der Waals surface area contributed by atoms with Gasteiger partial charge in [0, 0.05) is 19.4 Å². The Kier molecular flexibility index (Phi) is 51.5. The first-order valence-electron chi connectivity index (χ1n) is 26.8. The lowest BCUT2D eigenvalue weighted by atomic mass is 10.0. The Morgan fingerprint density at radius 3 is 1.16 bits per heavy atom. The maximum Gasteiger partial charge on any atom is 0.306 e. The average Bonchev–Trinajstić information content (AvgIpc) is 3.30. The summed E-state index contributed by atoms with van der Waals surface area (Å²) in [5, 5.41) is 0. The van der Waals surface area contributed by atoms with Crippen LogP contribution < -0.4 is 0 Å². The molecule has 1 atom stereocenters. The van der Waals surface area contributed by atoms with Crippen LogP contribution in [0.25, 0.3) is 0 Å². The SMILES string of the molecule is CC/C=C\C/C=C\C/C=C\C/C=C\CCCCCCCCCOCC(COC(=O)CCCC/C=C\C/C=C\C/C=C\C/C=C\CC)OC(=O)CCCCCCCCCCCCCCC. The minimum absolute atomic E-state index is 0.0565. The van der Waals surface area contributed by atoms with E-state index in [-0.39, 0.29) is 25.2 Å². The molecule has 0 saturated carbocycles. The van der Waals surface area contributed by atoms with Crippen molar-refractivity contribution in [3.05, 3.63) is 97.2 Å². The van der Waals surface area contributed by atoms with E-state index in [2.05, 4.69) is 118 Å².